The average Bonchev–Trinajstić information content (AvgIpc) is 2.72. The van der Waals surface area contributed by atoms with Gasteiger partial charge in [0, 0.05) is 18.7 Å². The predicted octanol–water partition coefficient (Wildman–Crippen LogP) is 2.92. The van der Waals surface area contributed by atoms with Crippen molar-refractivity contribution < 1.29 is 9.60 Å². The molecule has 3 N–H and O–H groups in total. The van der Waals surface area contributed by atoms with Crippen LogP contribution >= 0.6 is 15.9 Å². The van der Waals surface area contributed by atoms with Gasteiger partial charge in [-0.1, -0.05) is 19.0 Å². The fraction of sp³-hybridized carbons (Fsp3) is 0.462. The van der Waals surface area contributed by atoms with E-state index in [0.717, 1.165) is 19.5 Å². The normalized spacial score (nSPS) is 18.9. The summed E-state index contributed by atoms with van der Waals surface area (Å²) < 4.78 is 14.6. The fourth-order valence-electron chi connectivity index (χ4n) is 2.35. The first kappa shape index (κ1) is 14.1. The summed E-state index contributed by atoms with van der Waals surface area (Å²) in [4.78, 5) is 2.02. The molecule has 6 heteroatoms. The topological polar surface area (TPSA) is 61.8 Å². The highest BCUT2D eigenvalue weighted by Crippen LogP contribution is 2.36. The zero-order chi connectivity index (χ0) is 14.2. The number of benzene rings is 1. The Bertz CT molecular complexity index is 531. The lowest BCUT2D eigenvalue weighted by atomic mass is 9.93. The van der Waals surface area contributed by atoms with Crippen LogP contribution in [-0.4, -0.2) is 24.1 Å². The van der Waals surface area contributed by atoms with Crippen molar-refractivity contribution >= 4 is 27.5 Å². The van der Waals surface area contributed by atoms with E-state index in [1.54, 1.807) is 12.1 Å². The summed E-state index contributed by atoms with van der Waals surface area (Å²) in [5.41, 5.74) is 6.60. The highest BCUT2D eigenvalue weighted by atomic mass is 79.9. The fourth-order valence-corrected chi connectivity index (χ4v) is 2.89. The van der Waals surface area contributed by atoms with E-state index in [-0.39, 0.29) is 21.5 Å². The minimum atomic E-state index is -0.373. The van der Waals surface area contributed by atoms with Gasteiger partial charge in [-0.3, -0.25) is 0 Å². The van der Waals surface area contributed by atoms with Gasteiger partial charge in [-0.2, -0.15) is 0 Å². The lowest BCUT2D eigenvalue weighted by molar-refractivity contribution is 0.318. The maximum absolute atomic E-state index is 14.4. The molecule has 1 heterocycles. The van der Waals surface area contributed by atoms with Crippen LogP contribution in [0.1, 0.15) is 25.8 Å². The second-order valence-electron chi connectivity index (χ2n) is 5.58. The number of halogens is 2. The number of amidine groups is 1. The molecular formula is C13H17BrFN3O. The molecular weight excluding hydrogens is 313 g/mol. The van der Waals surface area contributed by atoms with E-state index in [9.17, 15) is 4.39 Å². The molecule has 0 radical (unpaired) electrons. The van der Waals surface area contributed by atoms with Crippen LogP contribution in [0.5, 0.6) is 0 Å². The molecule has 1 fully saturated rings. The van der Waals surface area contributed by atoms with Crippen molar-refractivity contribution in [1.82, 2.24) is 0 Å². The lowest BCUT2D eigenvalue weighted by Crippen LogP contribution is -2.24. The molecule has 19 heavy (non-hydrogen) atoms. The van der Waals surface area contributed by atoms with Crippen molar-refractivity contribution in [2.24, 2.45) is 16.3 Å². The first-order chi connectivity index (χ1) is 8.85. The molecule has 0 atom stereocenters. The highest BCUT2D eigenvalue weighted by Gasteiger charge is 2.31. The Hall–Kier alpha value is -1.30. The van der Waals surface area contributed by atoms with Crippen molar-refractivity contribution in [3.05, 3.63) is 28.0 Å². The van der Waals surface area contributed by atoms with Crippen LogP contribution < -0.4 is 10.6 Å². The summed E-state index contributed by atoms with van der Waals surface area (Å²) in [6.45, 7) is 5.99. The Morgan fingerprint density at radius 3 is 2.74 bits per heavy atom. The summed E-state index contributed by atoms with van der Waals surface area (Å²) in [5.74, 6) is -0.485. The van der Waals surface area contributed by atoms with Crippen molar-refractivity contribution in [2.75, 3.05) is 18.0 Å². The monoisotopic (exact) mass is 329 g/mol. The van der Waals surface area contributed by atoms with Gasteiger partial charge in [0.15, 0.2) is 11.7 Å². The number of nitrogens with zero attached hydrogens (tertiary/aromatic N) is 2. The van der Waals surface area contributed by atoms with Crippen molar-refractivity contribution in [1.29, 1.82) is 0 Å². The molecule has 2 rings (SSSR count). The van der Waals surface area contributed by atoms with Gasteiger partial charge in [0.05, 0.1) is 10.2 Å². The van der Waals surface area contributed by atoms with Crippen LogP contribution in [-0.2, 0) is 0 Å². The lowest BCUT2D eigenvalue weighted by Gasteiger charge is -2.23. The molecule has 1 aliphatic rings. The molecule has 1 aromatic carbocycles. The van der Waals surface area contributed by atoms with E-state index in [4.69, 9.17) is 10.9 Å². The Balaban J connectivity index is 2.37. The molecule has 0 spiro atoms. The summed E-state index contributed by atoms with van der Waals surface area (Å²) >= 11 is 3.17. The Kier molecular flexibility index (Phi) is 3.71. The zero-order valence-electron chi connectivity index (χ0n) is 11.0. The van der Waals surface area contributed by atoms with Crippen molar-refractivity contribution in [3.8, 4) is 0 Å². The number of nitrogens with two attached hydrogens (primary N) is 1. The first-order valence-electron chi connectivity index (χ1n) is 6.06. The summed E-state index contributed by atoms with van der Waals surface area (Å²) in [6.07, 6.45) is 1.03. The van der Waals surface area contributed by atoms with Crippen LogP contribution in [0.25, 0.3) is 0 Å². The van der Waals surface area contributed by atoms with Crippen LogP contribution in [0, 0.1) is 11.2 Å². The summed E-state index contributed by atoms with van der Waals surface area (Å²) in [6, 6.07) is 3.33. The number of hydrogen-bond donors (Lipinski definition) is 2. The Morgan fingerprint density at radius 1 is 1.53 bits per heavy atom. The molecule has 0 bridgehead atoms. The van der Waals surface area contributed by atoms with E-state index in [0.29, 0.717) is 11.3 Å². The largest absolute Gasteiger partial charge is 0.409 e. The van der Waals surface area contributed by atoms with Gasteiger partial charge in [-0.15, -0.1) is 0 Å². The second-order valence-corrected chi connectivity index (χ2v) is 6.37. The van der Waals surface area contributed by atoms with Gasteiger partial charge in [-0.25, -0.2) is 4.39 Å². The SMILES string of the molecule is CC1(C)CCN(c2ccc(/C(N)=N/O)c(Br)c2F)C1. The molecule has 0 amide bonds. The standard InChI is InChI=1S/C13H17BrFN3O/c1-13(2)5-6-18(7-13)9-4-3-8(12(16)17-19)10(14)11(9)15/h3-4,19H,5-7H2,1-2H3,(H2,16,17). The first-order valence-corrected chi connectivity index (χ1v) is 6.86. The molecule has 0 unspecified atom stereocenters. The molecule has 104 valence electrons. The minimum Gasteiger partial charge on any atom is -0.409 e. The van der Waals surface area contributed by atoms with Crippen LogP contribution in [0.2, 0.25) is 0 Å². The molecule has 4 nitrogen and oxygen atoms in total. The predicted molar refractivity (Wildman–Crippen MR) is 77.2 cm³/mol. The summed E-state index contributed by atoms with van der Waals surface area (Å²) in [7, 11) is 0. The van der Waals surface area contributed by atoms with Crippen LogP contribution in [0.3, 0.4) is 0 Å². The van der Waals surface area contributed by atoms with Gasteiger partial charge in [-0.05, 0) is 39.9 Å². The van der Waals surface area contributed by atoms with E-state index in [2.05, 4.69) is 34.9 Å². The smallest absolute Gasteiger partial charge is 0.171 e. The third-order valence-electron chi connectivity index (χ3n) is 3.46. The van der Waals surface area contributed by atoms with Crippen LogP contribution in [0.4, 0.5) is 10.1 Å². The van der Waals surface area contributed by atoms with E-state index >= 15 is 0 Å². The molecule has 0 aromatic heterocycles. The van der Waals surface area contributed by atoms with Gasteiger partial charge in [0.2, 0.25) is 0 Å². The zero-order valence-corrected chi connectivity index (χ0v) is 12.5. The third-order valence-corrected chi connectivity index (χ3v) is 4.24. The van der Waals surface area contributed by atoms with E-state index in [1.807, 2.05) is 4.90 Å². The van der Waals surface area contributed by atoms with Crippen LogP contribution in [0.15, 0.2) is 21.8 Å². The van der Waals surface area contributed by atoms with Gasteiger partial charge >= 0.3 is 0 Å². The number of anilines is 1. The summed E-state index contributed by atoms with van der Waals surface area (Å²) in [5, 5.41) is 11.6. The van der Waals surface area contributed by atoms with Crippen molar-refractivity contribution in [3.63, 3.8) is 0 Å². The molecule has 0 aliphatic carbocycles. The van der Waals surface area contributed by atoms with Gasteiger partial charge in [0.25, 0.3) is 0 Å². The van der Waals surface area contributed by atoms with E-state index in [1.165, 1.54) is 0 Å². The maximum atomic E-state index is 14.4. The molecule has 1 saturated heterocycles. The molecule has 0 saturated carbocycles. The van der Waals surface area contributed by atoms with E-state index < -0.39 is 0 Å². The minimum absolute atomic E-state index is 0.112. The van der Waals surface area contributed by atoms with Gasteiger partial charge < -0.3 is 15.8 Å². The Labute approximate surface area is 120 Å². The maximum Gasteiger partial charge on any atom is 0.171 e. The molecule has 1 aliphatic heterocycles. The average molecular weight is 330 g/mol. The highest BCUT2D eigenvalue weighted by molar-refractivity contribution is 9.10. The number of hydrogen-bond acceptors (Lipinski definition) is 3. The van der Waals surface area contributed by atoms with Gasteiger partial charge in [0.1, 0.15) is 0 Å². The number of oxime groups is 1. The molecule has 1 aromatic rings. The second kappa shape index (κ2) is 5.00. The quantitative estimate of drug-likeness (QED) is 0.379. The third kappa shape index (κ3) is 2.68. The Morgan fingerprint density at radius 2 is 2.21 bits per heavy atom. The van der Waals surface area contributed by atoms with Crippen molar-refractivity contribution in [2.45, 2.75) is 20.3 Å². The number of rotatable bonds is 2.